The average molecular weight is 455 g/mol. The topological polar surface area (TPSA) is 103 Å². The number of carboxylic acid groups (broad SMARTS) is 2. The molecule has 2 N–H and O–H groups in total. The van der Waals surface area contributed by atoms with E-state index in [4.69, 9.17) is 23.2 Å². The Labute approximate surface area is 188 Å². The number of aryl methyl sites for hydroxylation is 1. The first-order valence-corrected chi connectivity index (χ1v) is 9.76. The van der Waals surface area contributed by atoms with Crippen LogP contribution in [0.15, 0.2) is 42.5 Å². The monoisotopic (exact) mass is 454 g/mol. The SMILES string of the molecule is Cc1cc(/C=C(/C#N)c2ccc(Cl)cc2Cl)c(C)n1-c1cc(C(=O)O)cc(C(=O)O)c1. The van der Waals surface area contributed by atoms with Gasteiger partial charge in [-0.1, -0.05) is 29.3 Å². The van der Waals surface area contributed by atoms with E-state index in [1.54, 1.807) is 42.7 Å². The molecule has 6 nitrogen and oxygen atoms in total. The summed E-state index contributed by atoms with van der Waals surface area (Å²) >= 11 is 12.2. The third-order valence-electron chi connectivity index (χ3n) is 4.78. The minimum absolute atomic E-state index is 0.134. The number of benzene rings is 2. The number of carbonyl (C=O) groups is 2. The Morgan fingerprint density at radius 1 is 1.00 bits per heavy atom. The number of aromatic nitrogens is 1. The summed E-state index contributed by atoms with van der Waals surface area (Å²) in [6, 6.07) is 12.7. The van der Waals surface area contributed by atoms with Crippen LogP contribution in [0.25, 0.3) is 17.3 Å². The van der Waals surface area contributed by atoms with Gasteiger partial charge in [0, 0.05) is 27.7 Å². The first-order valence-electron chi connectivity index (χ1n) is 9.00. The molecule has 156 valence electrons. The Balaban J connectivity index is 2.17. The van der Waals surface area contributed by atoms with Crippen molar-refractivity contribution in [2.45, 2.75) is 13.8 Å². The zero-order valence-corrected chi connectivity index (χ0v) is 18.0. The van der Waals surface area contributed by atoms with Crippen molar-refractivity contribution in [2.75, 3.05) is 0 Å². The molecule has 0 fully saturated rings. The molecule has 3 aromatic rings. The molecule has 0 atom stereocenters. The molecule has 0 amide bonds. The molecule has 0 saturated heterocycles. The summed E-state index contributed by atoms with van der Waals surface area (Å²) in [5.41, 5.74) is 3.13. The van der Waals surface area contributed by atoms with Crippen LogP contribution in [0.2, 0.25) is 10.0 Å². The predicted octanol–water partition coefficient (Wildman–Crippen LogP) is 5.86. The lowest BCUT2D eigenvalue weighted by Gasteiger charge is -2.12. The van der Waals surface area contributed by atoms with Crippen LogP contribution in [-0.4, -0.2) is 26.7 Å². The lowest BCUT2D eigenvalue weighted by molar-refractivity contribution is 0.0696. The molecule has 0 saturated carbocycles. The van der Waals surface area contributed by atoms with E-state index in [1.807, 2.05) is 6.07 Å². The van der Waals surface area contributed by atoms with Gasteiger partial charge in [0.25, 0.3) is 0 Å². The van der Waals surface area contributed by atoms with Crippen molar-refractivity contribution in [2.24, 2.45) is 0 Å². The van der Waals surface area contributed by atoms with Crippen LogP contribution in [-0.2, 0) is 0 Å². The smallest absolute Gasteiger partial charge is 0.335 e. The average Bonchev–Trinajstić information content (AvgIpc) is 2.99. The van der Waals surface area contributed by atoms with E-state index >= 15 is 0 Å². The minimum atomic E-state index is -1.23. The summed E-state index contributed by atoms with van der Waals surface area (Å²) < 4.78 is 1.74. The first-order chi connectivity index (χ1) is 14.6. The van der Waals surface area contributed by atoms with Gasteiger partial charge >= 0.3 is 11.9 Å². The maximum absolute atomic E-state index is 11.5. The number of aromatic carboxylic acids is 2. The summed E-state index contributed by atoms with van der Waals surface area (Å²) in [4.78, 5) is 22.9. The molecule has 0 radical (unpaired) electrons. The van der Waals surface area contributed by atoms with Gasteiger partial charge in [0.05, 0.1) is 27.8 Å². The highest BCUT2D eigenvalue weighted by atomic mass is 35.5. The van der Waals surface area contributed by atoms with Crippen molar-refractivity contribution in [1.29, 1.82) is 5.26 Å². The van der Waals surface area contributed by atoms with Crippen molar-refractivity contribution in [3.8, 4) is 11.8 Å². The molecule has 0 aliphatic heterocycles. The number of nitriles is 1. The molecular weight excluding hydrogens is 439 g/mol. The lowest BCUT2D eigenvalue weighted by atomic mass is 10.0. The highest BCUT2D eigenvalue weighted by molar-refractivity contribution is 6.36. The van der Waals surface area contributed by atoms with Gasteiger partial charge in [0.1, 0.15) is 0 Å². The number of hydrogen-bond acceptors (Lipinski definition) is 3. The fourth-order valence-electron chi connectivity index (χ4n) is 3.35. The van der Waals surface area contributed by atoms with Gasteiger partial charge in [0.15, 0.2) is 0 Å². The fraction of sp³-hybridized carbons (Fsp3) is 0.0870. The zero-order valence-electron chi connectivity index (χ0n) is 16.5. The third-order valence-corrected chi connectivity index (χ3v) is 5.33. The number of rotatable bonds is 5. The first kappa shape index (κ1) is 22.2. The predicted molar refractivity (Wildman–Crippen MR) is 119 cm³/mol. The summed E-state index contributed by atoms with van der Waals surface area (Å²) in [6.07, 6.45) is 1.67. The third kappa shape index (κ3) is 4.48. The van der Waals surface area contributed by atoms with Crippen LogP contribution < -0.4 is 0 Å². The van der Waals surface area contributed by atoms with E-state index in [0.717, 1.165) is 11.8 Å². The van der Waals surface area contributed by atoms with Crippen molar-refractivity contribution in [1.82, 2.24) is 4.57 Å². The maximum atomic E-state index is 11.5. The summed E-state index contributed by atoms with van der Waals surface area (Å²) in [5, 5.41) is 29.2. The molecule has 0 unspecified atom stereocenters. The van der Waals surface area contributed by atoms with Crippen LogP contribution in [0.5, 0.6) is 0 Å². The Hall–Kier alpha value is -3.53. The maximum Gasteiger partial charge on any atom is 0.335 e. The van der Waals surface area contributed by atoms with Crippen LogP contribution in [0, 0.1) is 25.2 Å². The highest BCUT2D eigenvalue weighted by Gasteiger charge is 2.17. The van der Waals surface area contributed by atoms with E-state index < -0.39 is 11.9 Å². The van der Waals surface area contributed by atoms with Gasteiger partial charge < -0.3 is 14.8 Å². The van der Waals surface area contributed by atoms with E-state index in [-0.39, 0.29) is 11.1 Å². The summed E-state index contributed by atoms with van der Waals surface area (Å²) in [7, 11) is 0. The van der Waals surface area contributed by atoms with E-state index in [1.165, 1.54) is 12.1 Å². The number of halogens is 2. The number of hydrogen-bond donors (Lipinski definition) is 2. The van der Waals surface area contributed by atoms with E-state index in [2.05, 4.69) is 6.07 Å². The second-order valence-electron chi connectivity index (χ2n) is 6.83. The van der Waals surface area contributed by atoms with Gasteiger partial charge in [-0.15, -0.1) is 0 Å². The molecule has 3 rings (SSSR count). The van der Waals surface area contributed by atoms with Gasteiger partial charge in [-0.2, -0.15) is 5.26 Å². The van der Waals surface area contributed by atoms with Crippen molar-refractivity contribution < 1.29 is 19.8 Å². The standard InChI is InChI=1S/C23H16Cl2N2O4/c1-12-5-14(6-17(11-26)20-4-3-18(24)10-21(20)25)13(2)27(12)19-8-15(22(28)29)7-16(9-19)23(30)31/h3-10H,1-2H3,(H,28,29)(H,30,31)/b17-6-. The summed E-state index contributed by atoms with van der Waals surface area (Å²) in [6.45, 7) is 3.60. The Kier molecular flexibility index (Phi) is 6.21. The lowest BCUT2D eigenvalue weighted by Crippen LogP contribution is -2.07. The fourth-order valence-corrected chi connectivity index (χ4v) is 3.86. The number of carboxylic acids is 2. The normalized spacial score (nSPS) is 11.3. The van der Waals surface area contributed by atoms with Crippen molar-refractivity contribution in [3.63, 3.8) is 0 Å². The van der Waals surface area contributed by atoms with Gasteiger partial charge in [-0.25, -0.2) is 9.59 Å². The largest absolute Gasteiger partial charge is 0.478 e. The number of allylic oxidation sites excluding steroid dienone is 1. The van der Waals surface area contributed by atoms with Crippen LogP contribution in [0.4, 0.5) is 0 Å². The van der Waals surface area contributed by atoms with Crippen LogP contribution >= 0.6 is 23.2 Å². The Morgan fingerprint density at radius 3 is 2.13 bits per heavy atom. The summed E-state index contributed by atoms with van der Waals surface area (Å²) in [5.74, 6) is -2.45. The molecule has 0 spiro atoms. The van der Waals surface area contributed by atoms with Crippen LogP contribution in [0.1, 0.15) is 43.2 Å². The van der Waals surface area contributed by atoms with E-state index in [0.29, 0.717) is 38.1 Å². The van der Waals surface area contributed by atoms with E-state index in [9.17, 15) is 25.1 Å². The quantitative estimate of drug-likeness (QED) is 0.469. The van der Waals surface area contributed by atoms with Crippen LogP contribution in [0.3, 0.4) is 0 Å². The highest BCUT2D eigenvalue weighted by Crippen LogP contribution is 2.30. The molecule has 1 aromatic heterocycles. The molecule has 8 heteroatoms. The Bertz CT molecular complexity index is 1270. The molecule has 2 aromatic carbocycles. The molecule has 0 bridgehead atoms. The van der Waals surface area contributed by atoms with Gasteiger partial charge in [-0.3, -0.25) is 0 Å². The minimum Gasteiger partial charge on any atom is -0.478 e. The Morgan fingerprint density at radius 2 is 1.61 bits per heavy atom. The van der Waals surface area contributed by atoms with Gasteiger partial charge in [-0.05, 0) is 61.9 Å². The number of nitrogens with zero attached hydrogens (tertiary/aromatic N) is 2. The molecule has 0 aliphatic rings. The second kappa shape index (κ2) is 8.68. The second-order valence-corrected chi connectivity index (χ2v) is 7.68. The molecule has 31 heavy (non-hydrogen) atoms. The molecular formula is C23H16Cl2N2O4. The molecule has 0 aliphatic carbocycles. The zero-order chi connectivity index (χ0) is 22.9. The van der Waals surface area contributed by atoms with Crippen molar-refractivity contribution >= 4 is 46.8 Å². The van der Waals surface area contributed by atoms with Crippen molar-refractivity contribution in [3.05, 3.63) is 86.2 Å². The van der Waals surface area contributed by atoms with Gasteiger partial charge in [0.2, 0.25) is 0 Å². The molecule has 1 heterocycles.